The van der Waals surface area contributed by atoms with Gasteiger partial charge >= 0.3 is 12.3 Å². The topological polar surface area (TPSA) is 39.2 Å². The number of hydrogen-bond acceptors (Lipinski definition) is 3. The molecule has 0 saturated carbocycles. The fraction of sp³-hybridized carbons (Fsp3) is 0.400. The molecule has 0 bridgehead atoms. The fourth-order valence-corrected chi connectivity index (χ4v) is 1.02. The molecule has 0 spiro atoms. The van der Waals surface area contributed by atoms with Crippen LogP contribution in [0.4, 0.5) is 17.6 Å². The van der Waals surface area contributed by atoms with E-state index in [1.807, 2.05) is 0 Å². The Morgan fingerprint density at radius 1 is 1.53 bits per heavy atom. The molecule has 0 radical (unpaired) electrons. The summed E-state index contributed by atoms with van der Waals surface area (Å²) in [5, 5.41) is 0. The van der Waals surface area contributed by atoms with E-state index in [9.17, 15) is 22.4 Å². The summed E-state index contributed by atoms with van der Waals surface area (Å²) in [7, 11) is 0. The summed E-state index contributed by atoms with van der Waals surface area (Å²) in [6, 6.07) is 1.31. The molecule has 0 aromatic carbocycles. The Morgan fingerprint density at radius 2 is 2.18 bits per heavy atom. The molecule has 0 fully saturated rings. The predicted octanol–water partition coefficient (Wildman–Crippen LogP) is 2.48. The lowest BCUT2D eigenvalue weighted by Crippen LogP contribution is -2.33. The Morgan fingerprint density at radius 3 is 2.65 bits per heavy atom. The minimum atomic E-state index is -4.21. The maximum absolute atomic E-state index is 12.6. The van der Waals surface area contributed by atoms with Crippen molar-refractivity contribution < 1.29 is 27.1 Å². The minimum absolute atomic E-state index is 0.0593. The maximum Gasteiger partial charge on any atom is 0.340 e. The van der Waals surface area contributed by atoms with Crippen molar-refractivity contribution in [3.63, 3.8) is 0 Å². The third kappa shape index (κ3) is 3.40. The fourth-order valence-electron chi connectivity index (χ4n) is 1.02. The van der Waals surface area contributed by atoms with Crippen LogP contribution in [0.1, 0.15) is 16.1 Å². The summed E-state index contributed by atoms with van der Waals surface area (Å²) in [5.74, 6) is -4.27. The number of alkyl halides is 4. The molecule has 0 aliphatic carbocycles. The first kappa shape index (κ1) is 13.4. The largest absolute Gasteiger partial charge is 0.485 e. The molecule has 17 heavy (non-hydrogen) atoms. The van der Waals surface area contributed by atoms with E-state index in [1.54, 1.807) is 0 Å². The first-order valence-corrected chi connectivity index (χ1v) is 4.57. The van der Waals surface area contributed by atoms with Gasteiger partial charge < -0.3 is 4.74 Å². The lowest BCUT2D eigenvalue weighted by atomic mass is 10.2. The summed E-state index contributed by atoms with van der Waals surface area (Å²) >= 11 is 0. The highest BCUT2D eigenvalue weighted by molar-refractivity contribution is 5.72. The van der Waals surface area contributed by atoms with E-state index in [0.29, 0.717) is 11.8 Å². The van der Waals surface area contributed by atoms with Crippen molar-refractivity contribution in [1.29, 1.82) is 0 Å². The van der Waals surface area contributed by atoms with Gasteiger partial charge in [0.1, 0.15) is 11.4 Å². The van der Waals surface area contributed by atoms with E-state index < -0.39 is 19.0 Å². The number of carbonyl (C=O) groups is 1. The summed E-state index contributed by atoms with van der Waals surface area (Å²) in [6.07, 6.45) is -2.27. The smallest absolute Gasteiger partial charge is 0.340 e. The van der Waals surface area contributed by atoms with Crippen LogP contribution in [0, 0.1) is 6.92 Å². The molecule has 0 aliphatic heterocycles. The van der Waals surface area contributed by atoms with Gasteiger partial charge in [-0.1, -0.05) is 0 Å². The highest BCUT2D eigenvalue weighted by Gasteiger charge is 2.41. The van der Waals surface area contributed by atoms with Gasteiger partial charge in [-0.25, -0.2) is 13.8 Å². The molecule has 0 atom stereocenters. The number of aldehydes is 1. The zero-order valence-corrected chi connectivity index (χ0v) is 8.79. The van der Waals surface area contributed by atoms with E-state index in [-0.39, 0.29) is 11.4 Å². The first-order chi connectivity index (χ1) is 7.86. The van der Waals surface area contributed by atoms with Crippen LogP contribution in [0.25, 0.3) is 0 Å². The molecule has 7 heteroatoms. The molecule has 3 nitrogen and oxygen atoms in total. The molecule has 1 aromatic rings. The molecule has 0 saturated heterocycles. The van der Waals surface area contributed by atoms with Crippen molar-refractivity contribution in [2.45, 2.75) is 19.3 Å². The first-order valence-electron chi connectivity index (χ1n) is 4.57. The predicted molar refractivity (Wildman–Crippen MR) is 50.8 cm³/mol. The van der Waals surface area contributed by atoms with Gasteiger partial charge in [-0.05, 0) is 18.6 Å². The number of aromatic nitrogens is 1. The van der Waals surface area contributed by atoms with E-state index in [4.69, 9.17) is 0 Å². The van der Waals surface area contributed by atoms with Gasteiger partial charge in [0.05, 0.1) is 6.20 Å². The van der Waals surface area contributed by atoms with Crippen molar-refractivity contribution in [3.8, 4) is 5.75 Å². The molecule has 0 unspecified atom stereocenters. The molecular formula is C10H9F4NO2. The van der Waals surface area contributed by atoms with Crippen LogP contribution >= 0.6 is 0 Å². The number of carbonyl (C=O) groups excluding carboxylic acids is 1. The Bertz CT molecular complexity index is 409. The summed E-state index contributed by atoms with van der Waals surface area (Å²) in [4.78, 5) is 13.9. The highest BCUT2D eigenvalue weighted by atomic mass is 19.3. The second kappa shape index (κ2) is 5.11. The summed E-state index contributed by atoms with van der Waals surface area (Å²) < 4.78 is 53.4. The van der Waals surface area contributed by atoms with Crippen molar-refractivity contribution in [2.24, 2.45) is 0 Å². The number of nitrogens with zero attached hydrogens (tertiary/aromatic N) is 1. The van der Waals surface area contributed by atoms with Gasteiger partial charge in [0.15, 0.2) is 12.9 Å². The van der Waals surface area contributed by atoms with Crippen LogP contribution in [0.3, 0.4) is 0 Å². The Hall–Kier alpha value is -1.66. The number of aryl methyl sites for hydroxylation is 1. The van der Waals surface area contributed by atoms with Crippen molar-refractivity contribution in [1.82, 2.24) is 4.98 Å². The number of pyridine rings is 1. The molecule has 0 N–H and O–H groups in total. The van der Waals surface area contributed by atoms with Crippen molar-refractivity contribution in [2.75, 3.05) is 6.61 Å². The lowest BCUT2D eigenvalue weighted by molar-refractivity contribution is -0.148. The van der Waals surface area contributed by atoms with Crippen LogP contribution in [-0.2, 0) is 0 Å². The number of halogens is 4. The number of hydrogen-bond donors (Lipinski definition) is 0. The van der Waals surface area contributed by atoms with Crippen LogP contribution in [0.5, 0.6) is 5.75 Å². The Balaban J connectivity index is 2.73. The quantitative estimate of drug-likeness (QED) is 0.596. The second-order valence-corrected chi connectivity index (χ2v) is 3.34. The minimum Gasteiger partial charge on any atom is -0.485 e. The van der Waals surface area contributed by atoms with Crippen molar-refractivity contribution in [3.05, 3.63) is 23.5 Å². The molecule has 0 aliphatic rings. The summed E-state index contributed by atoms with van der Waals surface area (Å²) in [5.41, 5.74) is 0.475. The highest BCUT2D eigenvalue weighted by Crippen LogP contribution is 2.25. The van der Waals surface area contributed by atoms with Gasteiger partial charge in [-0.2, -0.15) is 8.78 Å². The molecule has 1 aromatic heterocycles. The van der Waals surface area contributed by atoms with Crippen molar-refractivity contribution >= 4 is 6.29 Å². The van der Waals surface area contributed by atoms with Crippen LogP contribution in [-0.4, -0.2) is 30.2 Å². The van der Waals surface area contributed by atoms with E-state index in [0.717, 1.165) is 6.20 Å². The zero-order chi connectivity index (χ0) is 13.1. The van der Waals surface area contributed by atoms with Crippen LogP contribution in [0.15, 0.2) is 12.3 Å². The Labute approximate surface area is 94.4 Å². The van der Waals surface area contributed by atoms with Gasteiger partial charge in [0, 0.05) is 0 Å². The average molecular weight is 251 g/mol. The monoisotopic (exact) mass is 251 g/mol. The van der Waals surface area contributed by atoms with E-state index in [2.05, 4.69) is 9.72 Å². The van der Waals surface area contributed by atoms with Crippen LogP contribution < -0.4 is 4.74 Å². The zero-order valence-electron chi connectivity index (χ0n) is 8.79. The maximum atomic E-state index is 12.6. The van der Waals surface area contributed by atoms with Gasteiger partial charge in [-0.15, -0.1) is 0 Å². The van der Waals surface area contributed by atoms with E-state index >= 15 is 0 Å². The number of ether oxygens (including phenoxy) is 1. The third-order valence-corrected chi connectivity index (χ3v) is 1.94. The number of rotatable bonds is 5. The molecule has 0 amide bonds. The SMILES string of the molecule is Cc1cc(C=O)ncc1OCC(F)(F)C(F)F. The lowest BCUT2D eigenvalue weighted by Gasteiger charge is -2.16. The molecule has 1 rings (SSSR count). The third-order valence-electron chi connectivity index (χ3n) is 1.94. The Kier molecular flexibility index (Phi) is 4.03. The second-order valence-electron chi connectivity index (χ2n) is 3.34. The van der Waals surface area contributed by atoms with E-state index in [1.165, 1.54) is 13.0 Å². The molecule has 94 valence electrons. The normalized spacial score (nSPS) is 11.6. The molecular weight excluding hydrogens is 242 g/mol. The van der Waals surface area contributed by atoms with Gasteiger partial charge in [0.2, 0.25) is 0 Å². The summed E-state index contributed by atoms with van der Waals surface area (Å²) in [6.45, 7) is 0.0537. The van der Waals surface area contributed by atoms with Gasteiger partial charge in [-0.3, -0.25) is 4.79 Å². The average Bonchev–Trinajstić information content (AvgIpc) is 2.27. The van der Waals surface area contributed by atoms with Gasteiger partial charge in [0.25, 0.3) is 0 Å². The van der Waals surface area contributed by atoms with Crippen LogP contribution in [0.2, 0.25) is 0 Å². The standard InChI is InChI=1S/C10H9F4NO2/c1-6-2-7(4-16)15-3-8(6)17-5-10(13,14)9(11)12/h2-4,9H,5H2,1H3. The molecule has 1 heterocycles.